The summed E-state index contributed by atoms with van der Waals surface area (Å²) in [5, 5.41) is 5.96. The van der Waals surface area contributed by atoms with Gasteiger partial charge in [0.15, 0.2) is 11.6 Å². The minimum atomic E-state index is 0.431. The highest BCUT2D eigenvalue weighted by molar-refractivity contribution is 14.1. The fourth-order valence-electron chi connectivity index (χ4n) is 1.93. The highest BCUT2D eigenvalue weighted by Crippen LogP contribution is 2.38. The lowest BCUT2D eigenvalue weighted by Crippen LogP contribution is -1.88. The first-order valence-corrected chi connectivity index (χ1v) is 7.67. The number of hydrogen-bond acceptors (Lipinski definition) is 4. The standard InChI is InChI=1S/C14H11IN2OS/c1-8-2-4-9(5-3-8)12-13(18-17-14(12)16)10-6-11(15)19-7-10/h2-7H,1H3,(H2,16,17). The molecule has 0 atom stereocenters. The van der Waals surface area contributed by atoms with Crippen LogP contribution >= 0.6 is 33.9 Å². The summed E-state index contributed by atoms with van der Waals surface area (Å²) in [5.41, 5.74) is 10.1. The van der Waals surface area contributed by atoms with Crippen molar-refractivity contribution in [1.82, 2.24) is 5.16 Å². The summed E-state index contributed by atoms with van der Waals surface area (Å²) >= 11 is 3.96. The minimum Gasteiger partial charge on any atom is -0.380 e. The van der Waals surface area contributed by atoms with E-state index in [0.29, 0.717) is 5.82 Å². The molecule has 0 aliphatic rings. The van der Waals surface area contributed by atoms with Crippen LogP contribution in [0.2, 0.25) is 0 Å². The summed E-state index contributed by atoms with van der Waals surface area (Å²) < 4.78 is 6.61. The van der Waals surface area contributed by atoms with Gasteiger partial charge in [-0.25, -0.2) is 0 Å². The van der Waals surface area contributed by atoms with Gasteiger partial charge in [-0.05, 0) is 41.1 Å². The van der Waals surface area contributed by atoms with Gasteiger partial charge < -0.3 is 10.3 Å². The van der Waals surface area contributed by atoms with Crippen molar-refractivity contribution in [3.05, 3.63) is 44.2 Å². The van der Waals surface area contributed by atoms with E-state index in [-0.39, 0.29) is 0 Å². The van der Waals surface area contributed by atoms with Crippen molar-refractivity contribution in [3.63, 3.8) is 0 Å². The Kier molecular flexibility index (Phi) is 3.32. The highest BCUT2D eigenvalue weighted by atomic mass is 127. The molecule has 96 valence electrons. The van der Waals surface area contributed by atoms with E-state index in [2.05, 4.69) is 58.3 Å². The van der Waals surface area contributed by atoms with Gasteiger partial charge in [0.2, 0.25) is 0 Å². The van der Waals surface area contributed by atoms with Crippen LogP contribution in [0, 0.1) is 9.81 Å². The molecule has 2 heterocycles. The molecule has 0 aliphatic heterocycles. The summed E-state index contributed by atoms with van der Waals surface area (Å²) in [7, 11) is 0. The second-order valence-electron chi connectivity index (χ2n) is 4.28. The molecular formula is C14H11IN2OS. The van der Waals surface area contributed by atoms with Crippen molar-refractivity contribution in [3.8, 4) is 22.5 Å². The number of rotatable bonds is 2. The zero-order valence-corrected chi connectivity index (χ0v) is 13.2. The number of benzene rings is 1. The van der Waals surface area contributed by atoms with E-state index in [0.717, 1.165) is 22.5 Å². The van der Waals surface area contributed by atoms with E-state index in [9.17, 15) is 0 Å². The second-order valence-corrected chi connectivity index (χ2v) is 7.08. The van der Waals surface area contributed by atoms with Crippen LogP contribution in [0.5, 0.6) is 0 Å². The van der Waals surface area contributed by atoms with Gasteiger partial charge in [0.1, 0.15) is 0 Å². The summed E-state index contributed by atoms with van der Waals surface area (Å²) in [5.74, 6) is 1.17. The molecule has 0 bridgehead atoms. The van der Waals surface area contributed by atoms with Crippen LogP contribution < -0.4 is 5.73 Å². The van der Waals surface area contributed by atoms with E-state index < -0.39 is 0 Å². The van der Waals surface area contributed by atoms with Gasteiger partial charge in [0, 0.05) is 10.9 Å². The van der Waals surface area contributed by atoms with Crippen LogP contribution in [0.3, 0.4) is 0 Å². The lowest BCUT2D eigenvalue weighted by Gasteiger charge is -2.02. The van der Waals surface area contributed by atoms with Crippen LogP contribution in [-0.4, -0.2) is 5.16 Å². The molecule has 3 aromatic rings. The van der Waals surface area contributed by atoms with Gasteiger partial charge in [0.25, 0.3) is 0 Å². The third kappa shape index (κ3) is 2.40. The molecule has 19 heavy (non-hydrogen) atoms. The first kappa shape index (κ1) is 12.7. The number of aryl methyl sites for hydroxylation is 1. The zero-order chi connectivity index (χ0) is 13.4. The van der Waals surface area contributed by atoms with E-state index >= 15 is 0 Å². The van der Waals surface area contributed by atoms with Gasteiger partial charge in [-0.3, -0.25) is 0 Å². The summed E-state index contributed by atoms with van der Waals surface area (Å²) in [4.78, 5) is 0. The Hall–Kier alpha value is -1.34. The molecule has 0 saturated heterocycles. The van der Waals surface area contributed by atoms with E-state index in [4.69, 9.17) is 10.3 Å². The topological polar surface area (TPSA) is 52.0 Å². The Morgan fingerprint density at radius 1 is 1.21 bits per heavy atom. The van der Waals surface area contributed by atoms with Crippen LogP contribution in [0.15, 0.2) is 40.2 Å². The first-order chi connectivity index (χ1) is 9.15. The summed E-state index contributed by atoms with van der Waals surface area (Å²) in [6.07, 6.45) is 0. The fraction of sp³-hybridized carbons (Fsp3) is 0.0714. The van der Waals surface area contributed by atoms with Crippen LogP contribution in [0.4, 0.5) is 5.82 Å². The Morgan fingerprint density at radius 3 is 2.58 bits per heavy atom. The maximum Gasteiger partial charge on any atom is 0.177 e. The number of aromatic nitrogens is 1. The quantitative estimate of drug-likeness (QED) is 0.661. The van der Waals surface area contributed by atoms with E-state index in [1.54, 1.807) is 11.3 Å². The predicted octanol–water partition coefficient (Wildman–Crippen LogP) is 4.57. The number of thiophene rings is 1. The van der Waals surface area contributed by atoms with Gasteiger partial charge in [-0.1, -0.05) is 35.0 Å². The largest absolute Gasteiger partial charge is 0.380 e. The molecule has 2 N–H and O–H groups in total. The molecule has 0 unspecified atom stereocenters. The van der Waals surface area contributed by atoms with Gasteiger partial charge >= 0.3 is 0 Å². The average molecular weight is 382 g/mol. The molecular weight excluding hydrogens is 371 g/mol. The molecule has 0 aliphatic carbocycles. The van der Waals surface area contributed by atoms with Crippen molar-refractivity contribution in [1.29, 1.82) is 0 Å². The molecule has 0 amide bonds. The van der Waals surface area contributed by atoms with Crippen LogP contribution in [-0.2, 0) is 0 Å². The molecule has 5 heteroatoms. The first-order valence-electron chi connectivity index (χ1n) is 5.72. The maximum absolute atomic E-state index is 5.95. The monoisotopic (exact) mass is 382 g/mol. The Labute approximate surface area is 128 Å². The number of halogens is 1. The predicted molar refractivity (Wildman–Crippen MR) is 87.1 cm³/mol. The normalized spacial score (nSPS) is 10.8. The molecule has 0 radical (unpaired) electrons. The summed E-state index contributed by atoms with van der Waals surface area (Å²) in [6.45, 7) is 2.06. The smallest absolute Gasteiger partial charge is 0.177 e. The van der Waals surface area contributed by atoms with Crippen LogP contribution in [0.1, 0.15) is 5.56 Å². The maximum atomic E-state index is 5.95. The fourth-order valence-corrected chi connectivity index (χ4v) is 3.25. The van der Waals surface area contributed by atoms with E-state index in [1.807, 2.05) is 12.1 Å². The Morgan fingerprint density at radius 2 is 1.95 bits per heavy atom. The zero-order valence-electron chi connectivity index (χ0n) is 10.2. The number of nitrogens with zero attached hydrogens (tertiary/aromatic N) is 1. The van der Waals surface area contributed by atoms with Gasteiger partial charge in [-0.2, -0.15) is 0 Å². The molecule has 1 aromatic carbocycles. The van der Waals surface area contributed by atoms with Crippen molar-refractivity contribution in [2.24, 2.45) is 0 Å². The van der Waals surface area contributed by atoms with Crippen molar-refractivity contribution in [2.75, 3.05) is 5.73 Å². The van der Waals surface area contributed by atoms with Gasteiger partial charge in [-0.15, -0.1) is 11.3 Å². The Bertz CT molecular complexity index is 715. The average Bonchev–Trinajstić information content (AvgIpc) is 2.97. The minimum absolute atomic E-state index is 0.431. The second kappa shape index (κ2) is 4.97. The third-order valence-corrected chi connectivity index (χ3v) is 4.68. The van der Waals surface area contributed by atoms with Crippen LogP contribution in [0.25, 0.3) is 22.5 Å². The lowest BCUT2D eigenvalue weighted by atomic mass is 10.0. The number of anilines is 1. The molecule has 2 aromatic heterocycles. The lowest BCUT2D eigenvalue weighted by molar-refractivity contribution is 0.436. The van der Waals surface area contributed by atoms with Gasteiger partial charge in [0.05, 0.1) is 8.45 Å². The molecule has 0 spiro atoms. The summed E-state index contributed by atoms with van der Waals surface area (Å²) in [6, 6.07) is 10.3. The number of nitrogens with two attached hydrogens (primary N) is 1. The van der Waals surface area contributed by atoms with Crippen molar-refractivity contribution >= 4 is 39.7 Å². The molecule has 0 saturated carbocycles. The molecule has 3 nitrogen and oxygen atoms in total. The molecule has 3 rings (SSSR count). The van der Waals surface area contributed by atoms with Crippen molar-refractivity contribution in [2.45, 2.75) is 6.92 Å². The highest BCUT2D eigenvalue weighted by Gasteiger charge is 2.18. The Balaban J connectivity index is 2.16. The van der Waals surface area contributed by atoms with E-state index in [1.165, 1.54) is 8.45 Å². The number of hydrogen-bond donors (Lipinski definition) is 1. The SMILES string of the molecule is Cc1ccc(-c2c(N)noc2-c2csc(I)c2)cc1. The third-order valence-electron chi connectivity index (χ3n) is 2.89. The number of nitrogen functional groups attached to an aromatic ring is 1. The van der Waals surface area contributed by atoms with Crippen molar-refractivity contribution < 1.29 is 4.52 Å². The molecule has 0 fully saturated rings.